The first-order valence-corrected chi connectivity index (χ1v) is 6.26. The molecule has 1 aromatic carbocycles. The number of hydrogen-bond acceptors (Lipinski definition) is 2. The van der Waals surface area contributed by atoms with Gasteiger partial charge >= 0.3 is 0 Å². The molecule has 0 aliphatic carbocycles. The predicted octanol–water partition coefficient (Wildman–Crippen LogP) is 2.26. The lowest BCUT2D eigenvalue weighted by Crippen LogP contribution is -2.35. The molecular weight excluding hydrogens is 196 g/mol. The molecule has 2 nitrogen and oxygen atoms in total. The van der Waals surface area contributed by atoms with Crippen LogP contribution in [0.2, 0.25) is 0 Å². The lowest BCUT2D eigenvalue weighted by molar-refractivity contribution is 0.197. The molecule has 1 aliphatic heterocycles. The molecule has 2 heteroatoms. The van der Waals surface area contributed by atoms with E-state index in [0.29, 0.717) is 6.04 Å². The summed E-state index contributed by atoms with van der Waals surface area (Å²) in [5.74, 6) is 0. The van der Waals surface area contributed by atoms with Gasteiger partial charge in [0.25, 0.3) is 0 Å². The summed E-state index contributed by atoms with van der Waals surface area (Å²) in [6, 6.07) is 7.23. The van der Waals surface area contributed by atoms with E-state index in [1.807, 2.05) is 0 Å². The first-order chi connectivity index (χ1) is 7.74. The molecule has 0 amide bonds. The Morgan fingerprint density at radius 2 is 2.25 bits per heavy atom. The maximum absolute atomic E-state index is 5.59. The van der Waals surface area contributed by atoms with E-state index in [4.69, 9.17) is 5.73 Å². The van der Waals surface area contributed by atoms with Gasteiger partial charge in [-0.2, -0.15) is 0 Å². The minimum atomic E-state index is 0.552. The highest BCUT2D eigenvalue weighted by Gasteiger charge is 2.24. The lowest BCUT2D eigenvalue weighted by Gasteiger charge is -2.36. The van der Waals surface area contributed by atoms with Crippen LogP contribution in [0.1, 0.15) is 36.1 Å². The van der Waals surface area contributed by atoms with Crippen molar-refractivity contribution in [2.24, 2.45) is 5.73 Å². The van der Waals surface area contributed by atoms with Crippen LogP contribution in [0.4, 0.5) is 0 Å². The first kappa shape index (κ1) is 11.6. The highest BCUT2D eigenvalue weighted by Crippen LogP contribution is 2.31. The second-order valence-corrected chi connectivity index (χ2v) is 4.75. The third-order valence-electron chi connectivity index (χ3n) is 3.70. The largest absolute Gasteiger partial charge is 0.330 e. The topological polar surface area (TPSA) is 29.3 Å². The molecule has 1 aromatic rings. The zero-order chi connectivity index (χ0) is 11.5. The molecule has 1 atom stereocenters. The van der Waals surface area contributed by atoms with E-state index in [1.165, 1.54) is 24.1 Å². The van der Waals surface area contributed by atoms with E-state index in [0.717, 1.165) is 19.5 Å². The number of nitrogens with two attached hydrogens (primary N) is 1. The standard InChI is InChI=1S/C14H22N2/c1-11-5-3-6-13-7-10-16(9-4-8-15)12(2)14(11)13/h3,5-6,12H,4,7-10,15H2,1-2H3. The van der Waals surface area contributed by atoms with Gasteiger partial charge in [0, 0.05) is 12.6 Å². The Labute approximate surface area is 98.4 Å². The number of nitrogens with zero attached hydrogens (tertiary/aromatic N) is 1. The Morgan fingerprint density at radius 1 is 1.44 bits per heavy atom. The molecule has 1 heterocycles. The third-order valence-corrected chi connectivity index (χ3v) is 3.70. The van der Waals surface area contributed by atoms with Gasteiger partial charge in [0.15, 0.2) is 0 Å². The van der Waals surface area contributed by atoms with Crippen molar-refractivity contribution < 1.29 is 0 Å². The van der Waals surface area contributed by atoms with Crippen LogP contribution in [-0.4, -0.2) is 24.5 Å². The average molecular weight is 218 g/mol. The molecule has 2 N–H and O–H groups in total. The molecule has 1 aliphatic rings. The SMILES string of the molecule is Cc1cccc2c1C(C)N(CCCN)CC2. The monoisotopic (exact) mass is 218 g/mol. The van der Waals surface area contributed by atoms with Gasteiger partial charge in [-0.25, -0.2) is 0 Å². The van der Waals surface area contributed by atoms with E-state index < -0.39 is 0 Å². The summed E-state index contributed by atoms with van der Waals surface area (Å²) in [5.41, 5.74) is 10.1. The highest BCUT2D eigenvalue weighted by molar-refractivity contribution is 5.38. The van der Waals surface area contributed by atoms with Crippen LogP contribution in [0, 0.1) is 6.92 Å². The van der Waals surface area contributed by atoms with Gasteiger partial charge < -0.3 is 5.73 Å². The summed E-state index contributed by atoms with van der Waals surface area (Å²) in [7, 11) is 0. The van der Waals surface area contributed by atoms with Crippen molar-refractivity contribution in [3.8, 4) is 0 Å². The summed E-state index contributed by atoms with van der Waals surface area (Å²) in [4.78, 5) is 2.56. The molecule has 0 fully saturated rings. The van der Waals surface area contributed by atoms with Gasteiger partial charge in [-0.1, -0.05) is 18.2 Å². The van der Waals surface area contributed by atoms with E-state index in [9.17, 15) is 0 Å². The Morgan fingerprint density at radius 3 is 3.00 bits per heavy atom. The lowest BCUT2D eigenvalue weighted by atomic mass is 9.90. The summed E-state index contributed by atoms with van der Waals surface area (Å²) in [6.07, 6.45) is 2.29. The molecule has 2 rings (SSSR count). The van der Waals surface area contributed by atoms with Gasteiger partial charge in [-0.15, -0.1) is 0 Å². The van der Waals surface area contributed by atoms with E-state index in [1.54, 1.807) is 5.56 Å². The molecule has 1 unspecified atom stereocenters. The maximum Gasteiger partial charge on any atom is 0.0325 e. The van der Waals surface area contributed by atoms with Crippen LogP contribution in [0.15, 0.2) is 18.2 Å². The van der Waals surface area contributed by atoms with Gasteiger partial charge in [-0.05, 0) is 56.5 Å². The van der Waals surface area contributed by atoms with Gasteiger partial charge in [-0.3, -0.25) is 4.90 Å². The Balaban J connectivity index is 2.20. The number of hydrogen-bond donors (Lipinski definition) is 1. The third kappa shape index (κ3) is 2.13. The van der Waals surface area contributed by atoms with Gasteiger partial charge in [0.2, 0.25) is 0 Å². The van der Waals surface area contributed by atoms with Crippen LogP contribution in [0.25, 0.3) is 0 Å². The number of fused-ring (bicyclic) bond motifs is 1. The minimum absolute atomic E-state index is 0.552. The fourth-order valence-corrected chi connectivity index (χ4v) is 2.80. The summed E-state index contributed by atoms with van der Waals surface area (Å²) >= 11 is 0. The predicted molar refractivity (Wildman–Crippen MR) is 68.5 cm³/mol. The van der Waals surface area contributed by atoms with Crippen molar-refractivity contribution in [3.05, 3.63) is 34.9 Å². The second kappa shape index (κ2) is 4.98. The van der Waals surface area contributed by atoms with Crippen molar-refractivity contribution in [2.45, 2.75) is 32.7 Å². The molecule has 0 radical (unpaired) electrons. The molecule has 0 spiro atoms. The molecule has 0 saturated carbocycles. The van der Waals surface area contributed by atoms with Gasteiger partial charge in [0.1, 0.15) is 0 Å². The second-order valence-electron chi connectivity index (χ2n) is 4.75. The molecule has 0 aromatic heterocycles. The van der Waals surface area contributed by atoms with Crippen LogP contribution in [-0.2, 0) is 6.42 Å². The van der Waals surface area contributed by atoms with Crippen molar-refractivity contribution >= 4 is 0 Å². The van der Waals surface area contributed by atoms with Crippen LogP contribution in [0.5, 0.6) is 0 Å². The zero-order valence-corrected chi connectivity index (χ0v) is 10.4. The quantitative estimate of drug-likeness (QED) is 0.843. The van der Waals surface area contributed by atoms with Crippen molar-refractivity contribution in [1.82, 2.24) is 4.90 Å². The van der Waals surface area contributed by atoms with Crippen LogP contribution < -0.4 is 5.73 Å². The molecular formula is C14H22N2. The average Bonchev–Trinajstić information content (AvgIpc) is 2.28. The van der Waals surface area contributed by atoms with Gasteiger partial charge in [0.05, 0.1) is 0 Å². The molecule has 0 saturated heterocycles. The number of rotatable bonds is 3. The fourth-order valence-electron chi connectivity index (χ4n) is 2.80. The Kier molecular flexibility index (Phi) is 3.62. The van der Waals surface area contributed by atoms with Crippen molar-refractivity contribution in [2.75, 3.05) is 19.6 Å². The zero-order valence-electron chi connectivity index (χ0n) is 10.4. The molecule has 88 valence electrons. The normalized spacial score (nSPS) is 20.8. The van der Waals surface area contributed by atoms with E-state index >= 15 is 0 Å². The van der Waals surface area contributed by atoms with Crippen LogP contribution in [0.3, 0.4) is 0 Å². The first-order valence-electron chi connectivity index (χ1n) is 6.26. The van der Waals surface area contributed by atoms with E-state index in [-0.39, 0.29) is 0 Å². The van der Waals surface area contributed by atoms with E-state index in [2.05, 4.69) is 36.9 Å². The Hall–Kier alpha value is -0.860. The van der Waals surface area contributed by atoms with Crippen LogP contribution >= 0.6 is 0 Å². The minimum Gasteiger partial charge on any atom is -0.330 e. The molecule has 16 heavy (non-hydrogen) atoms. The maximum atomic E-state index is 5.59. The smallest absolute Gasteiger partial charge is 0.0325 e. The fraction of sp³-hybridized carbons (Fsp3) is 0.571. The molecule has 0 bridgehead atoms. The summed E-state index contributed by atoms with van der Waals surface area (Å²) in [5, 5.41) is 0. The highest BCUT2D eigenvalue weighted by atomic mass is 15.2. The number of benzene rings is 1. The van der Waals surface area contributed by atoms with Crippen molar-refractivity contribution in [3.63, 3.8) is 0 Å². The Bertz CT molecular complexity index is 360. The summed E-state index contributed by atoms with van der Waals surface area (Å²) in [6.45, 7) is 7.65. The number of aryl methyl sites for hydroxylation is 1. The van der Waals surface area contributed by atoms with Crippen molar-refractivity contribution in [1.29, 1.82) is 0 Å². The summed E-state index contributed by atoms with van der Waals surface area (Å²) < 4.78 is 0.